The highest BCUT2D eigenvalue weighted by Gasteiger charge is 2.21. The van der Waals surface area contributed by atoms with Crippen molar-refractivity contribution in [1.82, 2.24) is 15.2 Å². The van der Waals surface area contributed by atoms with Gasteiger partial charge in [0.2, 0.25) is 0 Å². The molecule has 116 valence electrons. The summed E-state index contributed by atoms with van der Waals surface area (Å²) in [6.07, 6.45) is 4.71. The number of likely N-dealkylation sites (tertiary alicyclic amines) is 1. The number of nitrogens with zero attached hydrogens (tertiary/aromatic N) is 2. The van der Waals surface area contributed by atoms with Crippen molar-refractivity contribution in [3.05, 3.63) is 22.3 Å². The SMILES string of the molecule is CCCNc1ncc(Br)cc1C(=O)NC1CCN(C)CC1. The van der Waals surface area contributed by atoms with E-state index in [9.17, 15) is 4.79 Å². The van der Waals surface area contributed by atoms with Crippen LogP contribution in [0.4, 0.5) is 5.82 Å². The summed E-state index contributed by atoms with van der Waals surface area (Å²) in [5.41, 5.74) is 0.608. The molecule has 0 bridgehead atoms. The third-order valence-corrected chi connectivity index (χ3v) is 4.13. The van der Waals surface area contributed by atoms with Gasteiger partial charge in [-0.15, -0.1) is 0 Å². The van der Waals surface area contributed by atoms with Gasteiger partial charge in [-0.1, -0.05) is 6.92 Å². The summed E-state index contributed by atoms with van der Waals surface area (Å²) in [6, 6.07) is 2.08. The van der Waals surface area contributed by atoms with Crippen molar-refractivity contribution in [1.29, 1.82) is 0 Å². The third kappa shape index (κ3) is 4.68. The van der Waals surface area contributed by atoms with E-state index in [0.717, 1.165) is 43.4 Å². The number of halogens is 1. The molecule has 5 nitrogen and oxygen atoms in total. The monoisotopic (exact) mass is 354 g/mol. The molecule has 1 aliphatic rings. The highest BCUT2D eigenvalue weighted by molar-refractivity contribution is 9.10. The Bertz CT molecular complexity index is 487. The molecule has 1 amide bonds. The van der Waals surface area contributed by atoms with Crippen molar-refractivity contribution in [2.45, 2.75) is 32.2 Å². The maximum atomic E-state index is 12.5. The van der Waals surface area contributed by atoms with Crippen LogP contribution >= 0.6 is 15.9 Å². The minimum Gasteiger partial charge on any atom is -0.369 e. The second kappa shape index (κ2) is 7.75. The normalized spacial score (nSPS) is 16.7. The van der Waals surface area contributed by atoms with Gasteiger partial charge in [-0.25, -0.2) is 4.98 Å². The lowest BCUT2D eigenvalue weighted by Crippen LogP contribution is -2.43. The average molecular weight is 355 g/mol. The molecular formula is C15H23BrN4O. The number of aromatic nitrogens is 1. The molecule has 1 aliphatic heterocycles. The summed E-state index contributed by atoms with van der Waals surface area (Å²) in [6.45, 7) is 4.96. The van der Waals surface area contributed by atoms with Gasteiger partial charge in [0.05, 0.1) is 5.56 Å². The number of carbonyl (C=O) groups is 1. The van der Waals surface area contributed by atoms with Crippen molar-refractivity contribution in [2.24, 2.45) is 0 Å². The predicted molar refractivity (Wildman–Crippen MR) is 88.7 cm³/mol. The first-order valence-corrected chi connectivity index (χ1v) is 8.28. The van der Waals surface area contributed by atoms with Crippen LogP contribution in [0.15, 0.2) is 16.7 Å². The Kier molecular flexibility index (Phi) is 5.99. The van der Waals surface area contributed by atoms with Crippen LogP contribution in [0, 0.1) is 0 Å². The summed E-state index contributed by atoms with van der Waals surface area (Å²) in [5.74, 6) is 0.613. The largest absolute Gasteiger partial charge is 0.369 e. The van der Waals surface area contributed by atoms with Gasteiger partial charge in [0.15, 0.2) is 0 Å². The van der Waals surface area contributed by atoms with Crippen LogP contribution in [-0.2, 0) is 0 Å². The molecule has 1 aromatic rings. The van der Waals surface area contributed by atoms with Crippen LogP contribution in [0.1, 0.15) is 36.5 Å². The van der Waals surface area contributed by atoms with Gasteiger partial charge in [-0.05, 0) is 61.4 Å². The molecule has 0 atom stereocenters. The molecule has 0 unspecified atom stereocenters. The molecular weight excluding hydrogens is 332 g/mol. The zero-order valence-electron chi connectivity index (χ0n) is 12.7. The van der Waals surface area contributed by atoms with Gasteiger partial charge >= 0.3 is 0 Å². The summed E-state index contributed by atoms with van der Waals surface area (Å²) >= 11 is 3.39. The molecule has 1 aromatic heterocycles. The number of nitrogens with one attached hydrogen (secondary N) is 2. The first kappa shape index (κ1) is 16.2. The maximum absolute atomic E-state index is 12.5. The van der Waals surface area contributed by atoms with Crippen LogP contribution in [0.5, 0.6) is 0 Å². The zero-order chi connectivity index (χ0) is 15.2. The Morgan fingerprint density at radius 2 is 2.19 bits per heavy atom. The van der Waals surface area contributed by atoms with Crippen molar-refractivity contribution in [2.75, 3.05) is 32.0 Å². The van der Waals surface area contributed by atoms with Crippen LogP contribution in [-0.4, -0.2) is 48.5 Å². The number of carbonyl (C=O) groups excluding carboxylic acids is 1. The number of rotatable bonds is 5. The second-order valence-electron chi connectivity index (χ2n) is 5.53. The highest BCUT2D eigenvalue weighted by atomic mass is 79.9. The van der Waals surface area contributed by atoms with E-state index in [1.54, 1.807) is 6.20 Å². The van der Waals surface area contributed by atoms with Crippen LogP contribution < -0.4 is 10.6 Å². The zero-order valence-corrected chi connectivity index (χ0v) is 14.2. The fourth-order valence-corrected chi connectivity index (χ4v) is 2.74. The van der Waals surface area contributed by atoms with Crippen molar-refractivity contribution < 1.29 is 4.79 Å². The van der Waals surface area contributed by atoms with Gasteiger partial charge in [-0.2, -0.15) is 0 Å². The van der Waals surface area contributed by atoms with E-state index in [1.165, 1.54) is 0 Å². The molecule has 2 N–H and O–H groups in total. The van der Waals surface area contributed by atoms with Gasteiger partial charge in [0.25, 0.3) is 5.91 Å². The van der Waals surface area contributed by atoms with Crippen LogP contribution in [0.3, 0.4) is 0 Å². The van der Waals surface area contributed by atoms with E-state index in [2.05, 4.69) is 50.4 Å². The Morgan fingerprint density at radius 3 is 2.86 bits per heavy atom. The van der Waals surface area contributed by atoms with Crippen molar-refractivity contribution in [3.63, 3.8) is 0 Å². The fraction of sp³-hybridized carbons (Fsp3) is 0.600. The Labute approximate surface area is 134 Å². The van der Waals surface area contributed by atoms with Gasteiger partial charge in [-0.3, -0.25) is 4.79 Å². The molecule has 0 radical (unpaired) electrons. The number of anilines is 1. The second-order valence-corrected chi connectivity index (χ2v) is 6.44. The van der Waals surface area contributed by atoms with Crippen molar-refractivity contribution in [3.8, 4) is 0 Å². The smallest absolute Gasteiger partial charge is 0.255 e. The minimum absolute atomic E-state index is 0.0445. The van der Waals surface area contributed by atoms with Crippen molar-refractivity contribution >= 4 is 27.7 Å². The van der Waals surface area contributed by atoms with Gasteiger partial charge < -0.3 is 15.5 Å². The molecule has 0 saturated carbocycles. The van der Waals surface area contributed by atoms with E-state index in [4.69, 9.17) is 0 Å². The van der Waals surface area contributed by atoms with Gasteiger partial charge in [0.1, 0.15) is 5.82 Å². The van der Waals surface area contributed by atoms with E-state index in [0.29, 0.717) is 11.4 Å². The van der Waals surface area contributed by atoms with E-state index in [1.807, 2.05) is 6.07 Å². The first-order valence-electron chi connectivity index (χ1n) is 7.49. The topological polar surface area (TPSA) is 57.3 Å². The number of amides is 1. The molecule has 2 heterocycles. The molecule has 0 aliphatic carbocycles. The molecule has 0 aromatic carbocycles. The molecule has 21 heavy (non-hydrogen) atoms. The summed E-state index contributed by atoms with van der Waals surface area (Å²) < 4.78 is 0.818. The standard InChI is InChI=1S/C15H23BrN4O/c1-3-6-17-14-13(9-11(16)10-18-14)15(21)19-12-4-7-20(2)8-5-12/h9-10,12H,3-8H2,1-2H3,(H,17,18)(H,19,21). The number of piperidine rings is 1. The number of hydrogen-bond acceptors (Lipinski definition) is 4. The van der Waals surface area contributed by atoms with Gasteiger partial charge in [0, 0.05) is 23.3 Å². The molecule has 1 fully saturated rings. The average Bonchev–Trinajstić information content (AvgIpc) is 2.48. The lowest BCUT2D eigenvalue weighted by molar-refractivity contribution is 0.0917. The minimum atomic E-state index is -0.0445. The number of hydrogen-bond donors (Lipinski definition) is 2. The fourth-order valence-electron chi connectivity index (χ4n) is 2.41. The molecule has 1 saturated heterocycles. The summed E-state index contributed by atoms with van der Waals surface area (Å²) in [5, 5.41) is 6.35. The predicted octanol–water partition coefficient (Wildman–Crippen LogP) is 2.49. The summed E-state index contributed by atoms with van der Waals surface area (Å²) in [4.78, 5) is 19.1. The quantitative estimate of drug-likeness (QED) is 0.852. The first-order chi connectivity index (χ1) is 10.1. The Hall–Kier alpha value is -1.14. The van der Waals surface area contributed by atoms with Crippen LogP contribution in [0.25, 0.3) is 0 Å². The maximum Gasteiger partial charge on any atom is 0.255 e. The van der Waals surface area contributed by atoms with E-state index >= 15 is 0 Å². The molecule has 2 rings (SSSR count). The highest BCUT2D eigenvalue weighted by Crippen LogP contribution is 2.19. The molecule has 6 heteroatoms. The van der Waals surface area contributed by atoms with Crippen LogP contribution in [0.2, 0.25) is 0 Å². The number of pyridine rings is 1. The Morgan fingerprint density at radius 1 is 1.48 bits per heavy atom. The molecule has 0 spiro atoms. The summed E-state index contributed by atoms with van der Waals surface area (Å²) in [7, 11) is 2.11. The third-order valence-electron chi connectivity index (χ3n) is 3.70. The van der Waals surface area contributed by atoms with E-state index in [-0.39, 0.29) is 11.9 Å². The lowest BCUT2D eigenvalue weighted by atomic mass is 10.0. The lowest BCUT2D eigenvalue weighted by Gasteiger charge is -2.29. The Balaban J connectivity index is 2.05. The van der Waals surface area contributed by atoms with E-state index < -0.39 is 0 Å².